The SMILES string of the molecule is CCC(C)(C)C(=O)NCCC[N+](C)(C)CCCCCCS(O)(O)O. The number of quaternary nitrogens is 1. The molecule has 0 aromatic heterocycles. The Balaban J connectivity index is 3.77. The molecule has 0 saturated carbocycles. The predicted molar refractivity (Wildman–Crippen MR) is 102 cm³/mol. The number of amides is 1. The molecule has 0 spiro atoms. The smallest absolute Gasteiger partial charge is 0.225 e. The van der Waals surface area contributed by atoms with Gasteiger partial charge in [-0.15, -0.1) is 0 Å². The van der Waals surface area contributed by atoms with E-state index in [0.29, 0.717) is 6.42 Å². The van der Waals surface area contributed by atoms with E-state index < -0.39 is 10.9 Å². The molecule has 0 rings (SSSR count). The van der Waals surface area contributed by atoms with Crippen LogP contribution in [0.15, 0.2) is 0 Å². The summed E-state index contributed by atoms with van der Waals surface area (Å²) in [4.78, 5) is 12.0. The first kappa shape index (κ1) is 23.7. The van der Waals surface area contributed by atoms with E-state index in [1.807, 2.05) is 20.8 Å². The maximum atomic E-state index is 12.0. The molecule has 0 heterocycles. The Labute approximate surface area is 149 Å². The van der Waals surface area contributed by atoms with Gasteiger partial charge >= 0.3 is 0 Å². The average molecular weight is 368 g/mol. The lowest BCUT2D eigenvalue weighted by Crippen LogP contribution is -2.43. The molecule has 1 amide bonds. The minimum Gasteiger partial charge on any atom is -0.355 e. The monoisotopic (exact) mass is 367 g/mol. The molecule has 0 unspecified atom stereocenters. The maximum absolute atomic E-state index is 12.0. The molecule has 4 N–H and O–H groups in total. The van der Waals surface area contributed by atoms with Crippen LogP contribution in [0.25, 0.3) is 0 Å². The van der Waals surface area contributed by atoms with Crippen molar-refractivity contribution in [1.29, 1.82) is 0 Å². The van der Waals surface area contributed by atoms with Crippen LogP contribution in [0.4, 0.5) is 0 Å². The van der Waals surface area contributed by atoms with Gasteiger partial charge in [0.25, 0.3) is 0 Å². The molecule has 0 aliphatic carbocycles. The van der Waals surface area contributed by atoms with Gasteiger partial charge in [-0.2, -0.15) is 0 Å². The highest BCUT2D eigenvalue weighted by Gasteiger charge is 2.24. The van der Waals surface area contributed by atoms with Gasteiger partial charge in [-0.1, -0.05) is 27.2 Å². The number of unbranched alkanes of at least 4 members (excludes halogenated alkanes) is 3. The second-order valence-electron chi connectivity index (χ2n) is 7.98. The molecule has 0 fully saturated rings. The van der Waals surface area contributed by atoms with Crippen LogP contribution >= 0.6 is 10.9 Å². The number of nitrogens with zero attached hydrogens (tertiary/aromatic N) is 1. The second-order valence-corrected chi connectivity index (χ2v) is 9.65. The molecule has 0 aliphatic heterocycles. The van der Waals surface area contributed by atoms with Gasteiger partial charge in [0.15, 0.2) is 0 Å². The first-order valence-corrected chi connectivity index (χ1v) is 10.7. The number of carbonyl (C=O) groups excluding carboxylic acids is 1. The summed E-state index contributed by atoms with van der Waals surface area (Å²) in [5.74, 6) is 0.212. The van der Waals surface area contributed by atoms with E-state index in [2.05, 4.69) is 19.4 Å². The van der Waals surface area contributed by atoms with Crippen molar-refractivity contribution >= 4 is 16.8 Å². The van der Waals surface area contributed by atoms with E-state index in [4.69, 9.17) is 13.7 Å². The van der Waals surface area contributed by atoms with E-state index in [0.717, 1.165) is 56.2 Å². The fourth-order valence-corrected chi connectivity index (χ4v) is 3.00. The van der Waals surface area contributed by atoms with Crippen molar-refractivity contribution in [3.05, 3.63) is 0 Å². The average Bonchev–Trinajstić information content (AvgIpc) is 2.45. The van der Waals surface area contributed by atoms with E-state index in [1.54, 1.807) is 0 Å². The van der Waals surface area contributed by atoms with Crippen LogP contribution in [-0.4, -0.2) is 63.5 Å². The molecule has 0 saturated heterocycles. The summed E-state index contributed by atoms with van der Waals surface area (Å²) >= 11 is 0. The lowest BCUT2D eigenvalue weighted by atomic mass is 9.89. The van der Waals surface area contributed by atoms with Crippen LogP contribution in [0, 0.1) is 5.41 Å². The summed E-state index contributed by atoms with van der Waals surface area (Å²) in [5.41, 5.74) is -0.290. The summed E-state index contributed by atoms with van der Waals surface area (Å²) in [6.45, 7) is 8.77. The largest absolute Gasteiger partial charge is 0.355 e. The molecule has 24 heavy (non-hydrogen) atoms. The number of hydrogen-bond donors (Lipinski definition) is 4. The maximum Gasteiger partial charge on any atom is 0.225 e. The molecule has 0 atom stereocenters. The Morgan fingerprint density at radius 2 is 1.54 bits per heavy atom. The second kappa shape index (κ2) is 10.6. The molecule has 7 heteroatoms. The van der Waals surface area contributed by atoms with Crippen LogP contribution in [0.5, 0.6) is 0 Å². The number of carbonyl (C=O) groups is 1. The van der Waals surface area contributed by atoms with Crippen molar-refractivity contribution in [2.45, 2.75) is 59.3 Å². The summed E-state index contributed by atoms with van der Waals surface area (Å²) in [6, 6.07) is 0. The van der Waals surface area contributed by atoms with Gasteiger partial charge in [0.2, 0.25) is 5.91 Å². The van der Waals surface area contributed by atoms with E-state index in [9.17, 15) is 4.79 Å². The predicted octanol–water partition coefficient (Wildman–Crippen LogP) is 3.79. The first-order chi connectivity index (χ1) is 10.9. The van der Waals surface area contributed by atoms with Crippen LogP contribution in [-0.2, 0) is 4.79 Å². The van der Waals surface area contributed by atoms with E-state index in [1.165, 1.54) is 0 Å². The van der Waals surface area contributed by atoms with Crippen molar-refractivity contribution in [1.82, 2.24) is 5.32 Å². The third-order valence-corrected chi connectivity index (χ3v) is 5.49. The minimum absolute atomic E-state index is 0.0824. The van der Waals surface area contributed by atoms with Gasteiger partial charge in [0.1, 0.15) is 0 Å². The summed E-state index contributed by atoms with van der Waals surface area (Å²) in [7, 11) is 1.08. The summed E-state index contributed by atoms with van der Waals surface area (Å²) in [5, 5.41) is 3.03. The number of rotatable bonds is 13. The van der Waals surface area contributed by atoms with Crippen LogP contribution < -0.4 is 5.32 Å². The third-order valence-electron chi connectivity index (χ3n) is 4.66. The molecule has 146 valence electrons. The first-order valence-electron chi connectivity index (χ1n) is 8.98. The van der Waals surface area contributed by atoms with Crippen LogP contribution in [0.1, 0.15) is 59.3 Å². The fraction of sp³-hybridized carbons (Fsp3) is 0.941. The van der Waals surface area contributed by atoms with Crippen molar-refractivity contribution in [2.24, 2.45) is 5.41 Å². The molecule has 0 radical (unpaired) electrons. The standard InChI is InChI=1S/C17H38N2O4S/c1-6-17(2,3)16(20)18-12-11-14-19(4,5)13-9-7-8-10-15-24(21,22)23/h6-15H2,1-5H3,(H3-,18,20,21,22,23)/p+1. The molecule has 0 aliphatic rings. The summed E-state index contributed by atoms with van der Waals surface area (Å²) in [6.07, 6.45) is 5.45. The van der Waals surface area contributed by atoms with Crippen molar-refractivity contribution in [3.8, 4) is 0 Å². The molecular formula is C17H39N2O4S+. The third kappa shape index (κ3) is 12.1. The number of hydrogen-bond acceptors (Lipinski definition) is 4. The lowest BCUT2D eigenvalue weighted by molar-refractivity contribution is -0.890. The lowest BCUT2D eigenvalue weighted by Gasteiger charge is -2.30. The highest BCUT2D eigenvalue weighted by molar-refractivity contribution is 8.19. The normalized spacial score (nSPS) is 13.8. The van der Waals surface area contributed by atoms with Gasteiger partial charge in [0, 0.05) is 24.1 Å². The Bertz CT molecular complexity index is 368. The van der Waals surface area contributed by atoms with Crippen molar-refractivity contribution < 1.29 is 22.9 Å². The zero-order valence-electron chi connectivity index (χ0n) is 16.2. The minimum atomic E-state index is -3.31. The fourth-order valence-electron chi connectivity index (χ4n) is 2.41. The quantitative estimate of drug-likeness (QED) is 0.294. The topological polar surface area (TPSA) is 89.8 Å². The highest BCUT2D eigenvalue weighted by atomic mass is 32.3. The van der Waals surface area contributed by atoms with Gasteiger partial charge in [-0.3, -0.25) is 4.79 Å². The molecular weight excluding hydrogens is 328 g/mol. The van der Waals surface area contributed by atoms with E-state index in [-0.39, 0.29) is 17.1 Å². The Hall–Kier alpha value is -0.340. The molecule has 0 bridgehead atoms. The highest BCUT2D eigenvalue weighted by Crippen LogP contribution is 2.33. The number of nitrogens with one attached hydrogen (secondary N) is 1. The molecule has 0 aromatic carbocycles. The zero-order valence-corrected chi connectivity index (χ0v) is 17.0. The zero-order chi connectivity index (χ0) is 18.9. The van der Waals surface area contributed by atoms with Crippen molar-refractivity contribution in [3.63, 3.8) is 0 Å². The summed E-state index contributed by atoms with van der Waals surface area (Å²) < 4.78 is 27.6. The van der Waals surface area contributed by atoms with Crippen LogP contribution in [0.3, 0.4) is 0 Å². The van der Waals surface area contributed by atoms with Crippen LogP contribution in [0.2, 0.25) is 0 Å². The van der Waals surface area contributed by atoms with Gasteiger partial charge in [-0.05, 0) is 25.7 Å². The molecule has 0 aromatic rings. The van der Waals surface area contributed by atoms with Crippen molar-refractivity contribution in [2.75, 3.05) is 39.5 Å². The van der Waals surface area contributed by atoms with Gasteiger partial charge in [0.05, 0.1) is 38.1 Å². The Kier molecular flexibility index (Phi) is 10.5. The molecule has 6 nitrogen and oxygen atoms in total. The van der Waals surface area contributed by atoms with Gasteiger partial charge < -0.3 is 23.5 Å². The Morgan fingerprint density at radius 1 is 1.00 bits per heavy atom. The Morgan fingerprint density at radius 3 is 2.08 bits per heavy atom. The van der Waals surface area contributed by atoms with Gasteiger partial charge in [-0.25, -0.2) is 0 Å². The van der Waals surface area contributed by atoms with E-state index >= 15 is 0 Å².